The number of aromatic nitrogens is 4. The number of aryl methyl sites for hydroxylation is 2. The quantitative estimate of drug-likeness (QED) is 0.0984. The van der Waals surface area contributed by atoms with Gasteiger partial charge in [-0.25, -0.2) is 0 Å². The highest BCUT2D eigenvalue weighted by molar-refractivity contribution is 6.34. The van der Waals surface area contributed by atoms with Gasteiger partial charge in [0.05, 0.1) is 33.4 Å². The van der Waals surface area contributed by atoms with Gasteiger partial charge >= 0.3 is 11.9 Å². The molecule has 2 heterocycles. The molecule has 0 atom stereocenters. The molecule has 0 aliphatic rings. The Morgan fingerprint density at radius 3 is 1.53 bits per heavy atom. The van der Waals surface area contributed by atoms with E-state index in [1.807, 2.05) is 39.8 Å². The average molecular weight is 838 g/mol. The van der Waals surface area contributed by atoms with Crippen LogP contribution in [0, 0.1) is 22.7 Å². The third kappa shape index (κ3) is 11.4. The largest absolute Gasteiger partial charge is 0.490 e. The Kier molecular flexibility index (Phi) is 14.8. The van der Waals surface area contributed by atoms with Crippen LogP contribution in [0.4, 0.5) is 0 Å². The van der Waals surface area contributed by atoms with Crippen molar-refractivity contribution in [2.24, 2.45) is 0 Å². The number of nitriles is 2. The predicted molar refractivity (Wildman–Crippen MR) is 218 cm³/mol. The number of halogens is 2. The number of rotatable bonds is 15. The van der Waals surface area contributed by atoms with Gasteiger partial charge in [0.25, 0.3) is 11.8 Å². The second-order valence-corrected chi connectivity index (χ2v) is 14.3. The second-order valence-electron chi connectivity index (χ2n) is 13.5. The Morgan fingerprint density at radius 1 is 0.678 bits per heavy atom. The van der Waals surface area contributed by atoms with Crippen LogP contribution in [-0.2, 0) is 22.4 Å². The Morgan fingerprint density at radius 2 is 1.12 bits per heavy atom. The molecule has 0 aliphatic heterocycles. The van der Waals surface area contributed by atoms with Crippen molar-refractivity contribution < 1.29 is 38.3 Å². The van der Waals surface area contributed by atoms with Crippen LogP contribution < -0.4 is 9.47 Å². The molecule has 0 saturated carbocycles. The summed E-state index contributed by atoms with van der Waals surface area (Å²) in [5.41, 5.74) is 4.57. The van der Waals surface area contributed by atoms with Crippen molar-refractivity contribution in [2.45, 2.75) is 72.0 Å². The third-order valence-electron chi connectivity index (χ3n) is 8.36. The monoisotopic (exact) mass is 836 g/mol. The molecule has 0 saturated heterocycles. The van der Waals surface area contributed by atoms with E-state index in [0.717, 1.165) is 5.56 Å². The van der Waals surface area contributed by atoms with Crippen molar-refractivity contribution >= 4 is 35.1 Å². The maximum absolute atomic E-state index is 10.8. The highest BCUT2D eigenvalue weighted by Crippen LogP contribution is 2.34. The van der Waals surface area contributed by atoms with Gasteiger partial charge in [0, 0.05) is 35.1 Å². The first-order valence-electron chi connectivity index (χ1n) is 18.4. The van der Waals surface area contributed by atoms with Crippen LogP contribution in [0.15, 0.2) is 81.8 Å². The van der Waals surface area contributed by atoms with Gasteiger partial charge in [-0.05, 0) is 107 Å². The fraction of sp³-hybridized carbons (Fsp3) is 0.256. The average Bonchev–Trinajstić information content (AvgIpc) is 3.90. The van der Waals surface area contributed by atoms with Crippen LogP contribution >= 0.6 is 23.2 Å². The number of nitrogens with zero attached hydrogens (tertiary/aromatic N) is 6. The molecular weight excluding hydrogens is 799 g/mol. The summed E-state index contributed by atoms with van der Waals surface area (Å²) in [6, 6.07) is 25.1. The van der Waals surface area contributed by atoms with E-state index < -0.39 is 11.9 Å². The molecule has 0 radical (unpaired) electrons. The number of carboxylic acid groups (broad SMARTS) is 2. The first-order valence-corrected chi connectivity index (χ1v) is 19.1. The van der Waals surface area contributed by atoms with Crippen molar-refractivity contribution in [3.63, 3.8) is 0 Å². The van der Waals surface area contributed by atoms with E-state index in [4.69, 9.17) is 51.9 Å². The number of benzene rings is 4. The smallest absolute Gasteiger partial charge is 0.303 e. The minimum absolute atomic E-state index is 0.0254. The Balaban J connectivity index is 0.000000224. The summed E-state index contributed by atoms with van der Waals surface area (Å²) in [6.45, 7) is 7.54. The van der Waals surface area contributed by atoms with Crippen LogP contribution in [0.25, 0.3) is 45.7 Å². The lowest BCUT2D eigenvalue weighted by Crippen LogP contribution is -2.06. The van der Waals surface area contributed by atoms with Gasteiger partial charge in [0.1, 0.15) is 23.6 Å². The fourth-order valence-corrected chi connectivity index (χ4v) is 6.29. The van der Waals surface area contributed by atoms with Crippen LogP contribution in [-0.4, -0.2) is 54.6 Å². The molecule has 0 aliphatic carbocycles. The van der Waals surface area contributed by atoms with Gasteiger partial charge in [-0.3, -0.25) is 9.59 Å². The molecule has 16 heteroatoms. The van der Waals surface area contributed by atoms with E-state index in [1.54, 1.807) is 60.7 Å². The number of aliphatic carboxylic acids is 2. The van der Waals surface area contributed by atoms with Crippen molar-refractivity contribution in [3.8, 4) is 69.3 Å². The highest BCUT2D eigenvalue weighted by Gasteiger charge is 2.19. The van der Waals surface area contributed by atoms with Crippen LogP contribution in [0.3, 0.4) is 0 Å². The van der Waals surface area contributed by atoms with Crippen LogP contribution in [0.1, 0.15) is 69.2 Å². The summed E-state index contributed by atoms with van der Waals surface area (Å²) in [4.78, 5) is 30.4. The van der Waals surface area contributed by atoms with E-state index in [-0.39, 0.29) is 42.7 Å². The summed E-state index contributed by atoms with van der Waals surface area (Å²) in [5, 5.41) is 45.3. The van der Waals surface area contributed by atoms with Crippen molar-refractivity contribution in [1.82, 2.24) is 20.3 Å². The van der Waals surface area contributed by atoms with E-state index in [0.29, 0.717) is 85.6 Å². The molecule has 0 amide bonds. The Bertz CT molecular complexity index is 2540. The Labute approximate surface area is 349 Å². The third-order valence-corrected chi connectivity index (χ3v) is 9.25. The van der Waals surface area contributed by atoms with E-state index in [9.17, 15) is 20.1 Å². The summed E-state index contributed by atoms with van der Waals surface area (Å²) >= 11 is 12.9. The van der Waals surface area contributed by atoms with Crippen LogP contribution in [0.2, 0.25) is 10.0 Å². The molecule has 14 nitrogen and oxygen atoms in total. The van der Waals surface area contributed by atoms with E-state index in [1.165, 1.54) is 0 Å². The first kappa shape index (κ1) is 43.4. The second kappa shape index (κ2) is 20.1. The zero-order chi connectivity index (χ0) is 42.6. The van der Waals surface area contributed by atoms with E-state index in [2.05, 4.69) is 32.4 Å². The normalized spacial score (nSPS) is 10.7. The molecule has 6 aromatic rings. The summed E-state index contributed by atoms with van der Waals surface area (Å²) in [5.74, 6) is 0.329. The van der Waals surface area contributed by atoms with E-state index >= 15 is 0 Å². The number of hydrogen-bond acceptors (Lipinski definition) is 12. The first-order chi connectivity index (χ1) is 28.3. The molecule has 0 fully saturated rings. The standard InChI is InChI=1S/C22H20ClN3O4.C21H18ClN3O4/c1-13(2)29-18-10-9-15(11-16(18)12-24)22-25-21(26-30-22)17-7-3-5-14(20(17)23)6-4-8-19(27)28;1-12(2)28-17-8-6-14(10-15(17)11-23)21-24-20(25-29-21)16-5-3-4-13(19(16)22)7-9-18(26)27/h3,5,7,9-11,13H,4,6,8H2,1-2H3,(H,27,28);3-6,8,10,12H,7,9H2,1-2H3,(H,26,27). The number of carboxylic acids is 2. The number of carbonyl (C=O) groups is 2. The van der Waals surface area contributed by atoms with Gasteiger partial charge < -0.3 is 28.7 Å². The Hall–Kier alpha value is -6.74. The molecule has 0 bridgehead atoms. The molecule has 302 valence electrons. The molecule has 6 rings (SSSR count). The van der Waals surface area contributed by atoms with Gasteiger partial charge in [-0.2, -0.15) is 20.5 Å². The van der Waals surface area contributed by atoms with Gasteiger partial charge in [-0.1, -0.05) is 57.8 Å². The molecule has 4 aromatic carbocycles. The van der Waals surface area contributed by atoms with Gasteiger partial charge in [-0.15, -0.1) is 0 Å². The molecule has 2 N–H and O–H groups in total. The summed E-state index contributed by atoms with van der Waals surface area (Å²) in [6.07, 6.45) is 1.26. The lowest BCUT2D eigenvalue weighted by Gasteiger charge is -2.11. The lowest BCUT2D eigenvalue weighted by atomic mass is 10.0. The fourth-order valence-electron chi connectivity index (χ4n) is 5.68. The molecule has 2 aromatic heterocycles. The van der Waals surface area contributed by atoms with Crippen molar-refractivity contribution in [2.75, 3.05) is 0 Å². The maximum Gasteiger partial charge on any atom is 0.303 e. The topological polar surface area (TPSA) is 218 Å². The molecule has 59 heavy (non-hydrogen) atoms. The summed E-state index contributed by atoms with van der Waals surface area (Å²) < 4.78 is 22.0. The van der Waals surface area contributed by atoms with Crippen molar-refractivity contribution in [1.29, 1.82) is 10.5 Å². The van der Waals surface area contributed by atoms with Gasteiger partial charge in [0.15, 0.2) is 0 Å². The number of hydrogen-bond donors (Lipinski definition) is 2. The molecule has 0 unspecified atom stereocenters. The van der Waals surface area contributed by atoms with Crippen molar-refractivity contribution in [3.05, 3.63) is 105 Å². The SMILES string of the molecule is CC(C)Oc1ccc(-c2nc(-c3cccc(CCC(=O)O)c3Cl)no2)cc1C#N.CC(C)Oc1ccc(-c2nc(-c3cccc(CCCC(=O)O)c3Cl)no2)cc1C#N. The minimum atomic E-state index is -0.897. The lowest BCUT2D eigenvalue weighted by molar-refractivity contribution is -0.138. The zero-order valence-electron chi connectivity index (χ0n) is 32.4. The highest BCUT2D eigenvalue weighted by atomic mass is 35.5. The zero-order valence-corrected chi connectivity index (χ0v) is 33.9. The number of ether oxygens (including phenoxy) is 2. The molecule has 0 spiro atoms. The van der Waals surface area contributed by atoms with Crippen LogP contribution in [0.5, 0.6) is 11.5 Å². The summed E-state index contributed by atoms with van der Waals surface area (Å²) in [7, 11) is 0. The molecular formula is C43H38Cl2N6O8. The van der Waals surface area contributed by atoms with Gasteiger partial charge in [0.2, 0.25) is 11.6 Å². The minimum Gasteiger partial charge on any atom is -0.490 e. The maximum atomic E-state index is 10.8. The predicted octanol–water partition coefficient (Wildman–Crippen LogP) is 9.86.